The van der Waals surface area contributed by atoms with E-state index in [1.165, 1.54) is 0 Å². The first-order chi connectivity index (χ1) is 14.7. The minimum Gasteiger partial charge on any atom is -0.497 e. The summed E-state index contributed by atoms with van der Waals surface area (Å²) in [6.07, 6.45) is 0.355. The van der Waals surface area contributed by atoms with Crippen LogP contribution in [0.5, 0.6) is 17.2 Å². The van der Waals surface area contributed by atoms with E-state index >= 15 is 0 Å². The van der Waals surface area contributed by atoms with Crippen LogP contribution in [0.4, 0.5) is 0 Å². The van der Waals surface area contributed by atoms with E-state index in [0.717, 1.165) is 40.3 Å². The van der Waals surface area contributed by atoms with Gasteiger partial charge in [-0.1, -0.05) is 48.0 Å². The highest BCUT2D eigenvalue weighted by molar-refractivity contribution is 6.30. The fraction of sp³-hybridized carbons (Fsp3) is 0.208. The molecule has 0 fully saturated rings. The van der Waals surface area contributed by atoms with E-state index in [9.17, 15) is 0 Å². The Hall–Kier alpha value is -3.18. The summed E-state index contributed by atoms with van der Waals surface area (Å²) >= 11 is 6.28. The quantitative estimate of drug-likeness (QED) is 0.551. The van der Waals surface area contributed by atoms with Crippen molar-refractivity contribution in [2.24, 2.45) is 5.10 Å². The van der Waals surface area contributed by atoms with Crippen LogP contribution in [0.2, 0.25) is 5.02 Å². The maximum atomic E-state index is 6.45. The molecule has 0 spiro atoms. The van der Waals surface area contributed by atoms with Crippen molar-refractivity contribution in [1.82, 2.24) is 5.01 Å². The van der Waals surface area contributed by atoms with E-state index in [1.807, 2.05) is 59.6 Å². The Morgan fingerprint density at radius 3 is 2.63 bits per heavy atom. The maximum absolute atomic E-state index is 6.45. The van der Waals surface area contributed by atoms with Crippen LogP contribution >= 0.6 is 11.6 Å². The van der Waals surface area contributed by atoms with E-state index in [0.29, 0.717) is 10.8 Å². The Labute approximate surface area is 180 Å². The largest absolute Gasteiger partial charge is 0.497 e. The molecule has 2 aliphatic heterocycles. The zero-order valence-electron chi connectivity index (χ0n) is 16.7. The molecule has 0 N–H and O–H groups in total. The summed E-state index contributed by atoms with van der Waals surface area (Å²) in [4.78, 5) is 0. The lowest BCUT2D eigenvalue weighted by Crippen LogP contribution is -2.33. The van der Waals surface area contributed by atoms with E-state index in [1.54, 1.807) is 14.2 Å². The number of para-hydroxylation sites is 1. The van der Waals surface area contributed by atoms with Gasteiger partial charge in [-0.3, -0.25) is 0 Å². The zero-order chi connectivity index (χ0) is 20.7. The number of nitrogens with zero attached hydrogens (tertiary/aromatic N) is 2. The number of halogens is 1. The molecular weight excluding hydrogens is 400 g/mol. The lowest BCUT2D eigenvalue weighted by Gasteiger charge is -2.38. The van der Waals surface area contributed by atoms with Crippen LogP contribution in [-0.4, -0.2) is 24.9 Å². The van der Waals surface area contributed by atoms with Gasteiger partial charge in [0.25, 0.3) is 0 Å². The molecule has 5 rings (SSSR count). The maximum Gasteiger partial charge on any atom is 0.214 e. The molecule has 0 saturated carbocycles. The average molecular weight is 421 g/mol. The van der Waals surface area contributed by atoms with Gasteiger partial charge in [-0.05, 0) is 30.3 Å². The second-order valence-electron chi connectivity index (χ2n) is 7.28. The van der Waals surface area contributed by atoms with E-state index < -0.39 is 6.23 Å². The number of fused-ring (bicyclic) bond motifs is 3. The number of hydrogen-bond acceptors (Lipinski definition) is 5. The highest BCUT2D eigenvalue weighted by atomic mass is 35.5. The van der Waals surface area contributed by atoms with Crippen LogP contribution in [0.1, 0.15) is 35.4 Å². The number of methoxy groups -OCH3 is 2. The molecule has 0 aliphatic carbocycles. The van der Waals surface area contributed by atoms with E-state index in [-0.39, 0.29) is 6.04 Å². The molecule has 5 nitrogen and oxygen atoms in total. The fourth-order valence-corrected chi connectivity index (χ4v) is 4.30. The standard InChI is InChI=1S/C24H21ClN2O3/c1-28-18-9-4-6-15(13-18)20-14-21-19-10-5-11-22(29-2)23(19)30-24(27(21)26-20)16-7-3-8-17(25)12-16/h3-13,21,24H,14H2,1-2H3/t21-,24-/m0/s1. The van der Waals surface area contributed by atoms with Gasteiger partial charge in [0.15, 0.2) is 11.5 Å². The predicted octanol–water partition coefficient (Wildman–Crippen LogP) is 5.60. The molecule has 2 atom stereocenters. The van der Waals surface area contributed by atoms with Gasteiger partial charge < -0.3 is 14.2 Å². The van der Waals surface area contributed by atoms with Gasteiger partial charge in [0.2, 0.25) is 6.23 Å². The Morgan fingerprint density at radius 1 is 1.00 bits per heavy atom. The molecule has 0 bridgehead atoms. The molecule has 0 aromatic heterocycles. The third-order valence-electron chi connectivity index (χ3n) is 5.54. The molecule has 2 heterocycles. The first-order valence-corrected chi connectivity index (χ1v) is 10.1. The summed E-state index contributed by atoms with van der Waals surface area (Å²) in [7, 11) is 3.33. The molecule has 3 aromatic carbocycles. The highest BCUT2D eigenvalue weighted by Gasteiger charge is 2.42. The zero-order valence-corrected chi connectivity index (χ0v) is 17.5. The molecule has 152 valence electrons. The van der Waals surface area contributed by atoms with Gasteiger partial charge in [-0.15, -0.1) is 0 Å². The normalized spacial score (nSPS) is 19.4. The van der Waals surface area contributed by atoms with Crippen LogP contribution in [0.3, 0.4) is 0 Å². The molecule has 0 saturated heterocycles. The van der Waals surface area contributed by atoms with Crippen molar-refractivity contribution >= 4 is 17.3 Å². The molecule has 0 unspecified atom stereocenters. The van der Waals surface area contributed by atoms with Gasteiger partial charge in [-0.25, -0.2) is 5.01 Å². The third-order valence-corrected chi connectivity index (χ3v) is 5.77. The van der Waals surface area contributed by atoms with Gasteiger partial charge in [0, 0.05) is 28.1 Å². The van der Waals surface area contributed by atoms with Crippen molar-refractivity contribution in [1.29, 1.82) is 0 Å². The summed E-state index contributed by atoms with van der Waals surface area (Å²) in [5.74, 6) is 2.28. The van der Waals surface area contributed by atoms with Crippen LogP contribution in [0, 0.1) is 0 Å². The summed E-state index contributed by atoms with van der Waals surface area (Å²) in [6.45, 7) is 0. The van der Waals surface area contributed by atoms with Gasteiger partial charge in [-0.2, -0.15) is 5.10 Å². The lowest BCUT2D eigenvalue weighted by atomic mass is 9.95. The van der Waals surface area contributed by atoms with Gasteiger partial charge in [0.05, 0.1) is 26.0 Å². The summed E-state index contributed by atoms with van der Waals surface area (Å²) in [5, 5.41) is 7.67. The van der Waals surface area contributed by atoms with Crippen LogP contribution in [-0.2, 0) is 0 Å². The number of hydrogen-bond donors (Lipinski definition) is 0. The predicted molar refractivity (Wildman–Crippen MR) is 117 cm³/mol. The number of benzene rings is 3. The molecule has 3 aromatic rings. The number of rotatable bonds is 4. The number of ether oxygens (including phenoxy) is 3. The molecule has 6 heteroatoms. The Kier molecular flexibility index (Phi) is 4.75. The van der Waals surface area contributed by atoms with E-state index in [2.05, 4.69) is 12.1 Å². The Bertz CT molecular complexity index is 1130. The summed E-state index contributed by atoms with van der Waals surface area (Å²) in [5.41, 5.74) is 4.04. The van der Waals surface area contributed by atoms with Crippen molar-refractivity contribution in [3.63, 3.8) is 0 Å². The fourth-order valence-electron chi connectivity index (χ4n) is 4.10. The summed E-state index contributed by atoms with van der Waals surface area (Å²) < 4.78 is 17.4. The topological polar surface area (TPSA) is 43.3 Å². The van der Waals surface area contributed by atoms with Crippen LogP contribution < -0.4 is 14.2 Å². The minimum atomic E-state index is -0.402. The Morgan fingerprint density at radius 2 is 1.83 bits per heavy atom. The number of hydrazone groups is 1. The minimum absolute atomic E-state index is 0.0361. The smallest absolute Gasteiger partial charge is 0.214 e. The molecule has 30 heavy (non-hydrogen) atoms. The van der Waals surface area contributed by atoms with Crippen molar-refractivity contribution in [2.45, 2.75) is 18.7 Å². The average Bonchev–Trinajstić information content (AvgIpc) is 3.24. The first kappa shape index (κ1) is 18.8. The van der Waals surface area contributed by atoms with Crippen molar-refractivity contribution in [3.8, 4) is 17.2 Å². The highest BCUT2D eigenvalue weighted by Crippen LogP contribution is 2.50. The molecule has 0 amide bonds. The lowest BCUT2D eigenvalue weighted by molar-refractivity contribution is -0.0208. The molecular formula is C24H21ClN2O3. The second kappa shape index (κ2) is 7.58. The van der Waals surface area contributed by atoms with Crippen LogP contribution in [0.15, 0.2) is 71.8 Å². The van der Waals surface area contributed by atoms with E-state index in [4.69, 9.17) is 30.9 Å². The van der Waals surface area contributed by atoms with Crippen LogP contribution in [0.25, 0.3) is 0 Å². The third kappa shape index (κ3) is 3.15. The monoisotopic (exact) mass is 420 g/mol. The van der Waals surface area contributed by atoms with Crippen molar-refractivity contribution in [3.05, 3.63) is 88.4 Å². The first-order valence-electron chi connectivity index (χ1n) is 9.77. The second-order valence-corrected chi connectivity index (χ2v) is 7.72. The van der Waals surface area contributed by atoms with Gasteiger partial charge in [0.1, 0.15) is 5.75 Å². The van der Waals surface area contributed by atoms with Crippen molar-refractivity contribution in [2.75, 3.05) is 14.2 Å². The molecule has 0 radical (unpaired) electrons. The SMILES string of the molecule is COc1cccc(C2=NN3[C@@H](C2)c2cccc(OC)c2O[C@H]3c2cccc(Cl)c2)c1. The molecule has 2 aliphatic rings. The summed E-state index contributed by atoms with van der Waals surface area (Å²) in [6, 6.07) is 21.7. The van der Waals surface area contributed by atoms with Gasteiger partial charge >= 0.3 is 0 Å². The van der Waals surface area contributed by atoms with Crippen molar-refractivity contribution < 1.29 is 14.2 Å². The Balaban J connectivity index is 1.62.